The van der Waals surface area contributed by atoms with Gasteiger partial charge in [-0.3, -0.25) is 0 Å². The van der Waals surface area contributed by atoms with Gasteiger partial charge in [0.25, 0.3) is 0 Å². The summed E-state index contributed by atoms with van der Waals surface area (Å²) < 4.78 is 6.73. The predicted octanol–water partition coefficient (Wildman–Crippen LogP) is 3.08. The summed E-state index contributed by atoms with van der Waals surface area (Å²) >= 11 is 11.9. The molecule has 0 aliphatic heterocycles. The van der Waals surface area contributed by atoms with Crippen LogP contribution in [0.5, 0.6) is 0 Å². The standard InChI is InChI=1S/C12H7Cl2N3O3/c13-7-3-9-10(4-8(7)14)17(16-15-9)5-6-1-2-11(20-6)12(18)19/h1-4H,5H2,(H,18,19). The van der Waals surface area contributed by atoms with Crippen molar-refractivity contribution in [2.75, 3.05) is 0 Å². The number of nitrogens with zero attached hydrogens (tertiary/aromatic N) is 3. The molecule has 2 aromatic heterocycles. The van der Waals surface area contributed by atoms with Crippen molar-refractivity contribution >= 4 is 40.2 Å². The van der Waals surface area contributed by atoms with Crippen LogP contribution in [0.4, 0.5) is 0 Å². The Labute approximate surface area is 122 Å². The summed E-state index contributed by atoms with van der Waals surface area (Å²) in [7, 11) is 0. The summed E-state index contributed by atoms with van der Waals surface area (Å²) in [5, 5.41) is 17.5. The van der Waals surface area contributed by atoms with Crippen LogP contribution in [0.2, 0.25) is 10.0 Å². The Morgan fingerprint density at radius 2 is 2.05 bits per heavy atom. The van der Waals surface area contributed by atoms with Crippen LogP contribution in [-0.4, -0.2) is 26.1 Å². The lowest BCUT2D eigenvalue weighted by molar-refractivity contribution is 0.0660. The van der Waals surface area contributed by atoms with Gasteiger partial charge in [-0.25, -0.2) is 9.48 Å². The smallest absolute Gasteiger partial charge is 0.371 e. The summed E-state index contributed by atoms with van der Waals surface area (Å²) in [5.41, 5.74) is 1.29. The number of hydrogen-bond donors (Lipinski definition) is 1. The van der Waals surface area contributed by atoms with Crippen molar-refractivity contribution in [3.8, 4) is 0 Å². The van der Waals surface area contributed by atoms with Gasteiger partial charge < -0.3 is 9.52 Å². The van der Waals surface area contributed by atoms with E-state index in [1.54, 1.807) is 22.9 Å². The maximum Gasteiger partial charge on any atom is 0.371 e. The maximum absolute atomic E-state index is 10.8. The number of hydrogen-bond acceptors (Lipinski definition) is 4. The van der Waals surface area contributed by atoms with Gasteiger partial charge in [-0.2, -0.15) is 0 Å². The van der Waals surface area contributed by atoms with E-state index in [1.807, 2.05) is 0 Å². The third kappa shape index (κ3) is 2.23. The first-order valence-corrected chi connectivity index (χ1v) is 6.30. The Morgan fingerprint density at radius 1 is 1.30 bits per heavy atom. The fraction of sp³-hybridized carbons (Fsp3) is 0.0833. The SMILES string of the molecule is O=C(O)c1ccc(Cn2nnc3cc(Cl)c(Cl)cc32)o1. The van der Waals surface area contributed by atoms with Crippen LogP contribution in [0.1, 0.15) is 16.3 Å². The number of carbonyl (C=O) groups is 1. The van der Waals surface area contributed by atoms with E-state index in [1.165, 1.54) is 6.07 Å². The van der Waals surface area contributed by atoms with E-state index in [-0.39, 0.29) is 12.3 Å². The number of fused-ring (bicyclic) bond motifs is 1. The Balaban J connectivity index is 1.98. The molecule has 0 saturated heterocycles. The van der Waals surface area contributed by atoms with Crippen LogP contribution in [0.3, 0.4) is 0 Å². The minimum absolute atomic E-state index is 0.120. The monoisotopic (exact) mass is 311 g/mol. The summed E-state index contributed by atoms with van der Waals surface area (Å²) in [4.78, 5) is 10.8. The molecule has 6 nitrogen and oxygen atoms in total. The average molecular weight is 312 g/mol. The molecule has 8 heteroatoms. The number of aromatic nitrogens is 3. The molecule has 0 bridgehead atoms. The van der Waals surface area contributed by atoms with Crippen molar-refractivity contribution in [1.29, 1.82) is 0 Å². The molecule has 20 heavy (non-hydrogen) atoms. The lowest BCUT2D eigenvalue weighted by atomic mass is 10.3. The van der Waals surface area contributed by atoms with Gasteiger partial charge in [0.1, 0.15) is 17.8 Å². The molecule has 0 unspecified atom stereocenters. The third-order valence-corrected chi connectivity index (χ3v) is 3.46. The van der Waals surface area contributed by atoms with Crippen molar-refractivity contribution in [3.05, 3.63) is 45.8 Å². The number of rotatable bonds is 3. The molecule has 0 radical (unpaired) electrons. The van der Waals surface area contributed by atoms with Gasteiger partial charge in [0.05, 0.1) is 15.6 Å². The summed E-state index contributed by atoms with van der Waals surface area (Å²) in [6.07, 6.45) is 0. The highest BCUT2D eigenvalue weighted by atomic mass is 35.5. The van der Waals surface area contributed by atoms with Gasteiger partial charge in [-0.1, -0.05) is 28.4 Å². The summed E-state index contributed by atoms with van der Waals surface area (Å²) in [6, 6.07) is 6.24. The van der Waals surface area contributed by atoms with Crippen LogP contribution < -0.4 is 0 Å². The topological polar surface area (TPSA) is 81.1 Å². The van der Waals surface area contributed by atoms with Gasteiger partial charge in [-0.05, 0) is 24.3 Å². The zero-order valence-electron chi connectivity index (χ0n) is 9.88. The molecular formula is C12H7Cl2N3O3. The molecule has 102 valence electrons. The molecule has 0 atom stereocenters. The van der Waals surface area contributed by atoms with Gasteiger partial charge in [0, 0.05) is 0 Å². The molecule has 2 heterocycles. The first kappa shape index (κ1) is 13.0. The Bertz CT molecular complexity index is 809. The molecule has 3 rings (SSSR count). The fourth-order valence-corrected chi connectivity index (χ4v) is 2.12. The van der Waals surface area contributed by atoms with Crippen LogP contribution in [0.15, 0.2) is 28.7 Å². The average Bonchev–Trinajstić information content (AvgIpc) is 3.00. The van der Waals surface area contributed by atoms with E-state index in [9.17, 15) is 4.79 Å². The van der Waals surface area contributed by atoms with Crippen molar-refractivity contribution in [3.63, 3.8) is 0 Å². The molecule has 3 aromatic rings. The Hall–Kier alpha value is -2.05. The first-order valence-electron chi connectivity index (χ1n) is 5.55. The minimum Gasteiger partial charge on any atom is -0.475 e. The zero-order valence-corrected chi connectivity index (χ0v) is 11.4. The number of carboxylic acid groups (broad SMARTS) is 1. The van der Waals surface area contributed by atoms with Gasteiger partial charge in [0.2, 0.25) is 5.76 Å². The second-order valence-electron chi connectivity index (χ2n) is 4.07. The highest BCUT2D eigenvalue weighted by molar-refractivity contribution is 6.42. The van der Waals surface area contributed by atoms with E-state index in [4.69, 9.17) is 32.7 Å². The van der Waals surface area contributed by atoms with Crippen molar-refractivity contribution < 1.29 is 14.3 Å². The number of aromatic carboxylic acids is 1. The summed E-state index contributed by atoms with van der Waals surface area (Å²) in [6.45, 7) is 0.252. The number of furan rings is 1. The Morgan fingerprint density at radius 3 is 2.75 bits per heavy atom. The number of carboxylic acids is 1. The van der Waals surface area contributed by atoms with E-state index in [0.717, 1.165) is 0 Å². The third-order valence-electron chi connectivity index (χ3n) is 2.73. The van der Waals surface area contributed by atoms with Crippen LogP contribution in [0, 0.1) is 0 Å². The molecule has 0 aliphatic carbocycles. The normalized spacial score (nSPS) is 11.1. The predicted molar refractivity (Wildman–Crippen MR) is 72.3 cm³/mol. The highest BCUT2D eigenvalue weighted by Crippen LogP contribution is 2.27. The van der Waals surface area contributed by atoms with Gasteiger partial charge in [0.15, 0.2) is 0 Å². The number of benzene rings is 1. The fourth-order valence-electron chi connectivity index (χ4n) is 1.81. The van der Waals surface area contributed by atoms with Crippen LogP contribution in [0.25, 0.3) is 11.0 Å². The molecule has 0 amide bonds. The lowest BCUT2D eigenvalue weighted by Crippen LogP contribution is -2.01. The highest BCUT2D eigenvalue weighted by Gasteiger charge is 2.12. The van der Waals surface area contributed by atoms with E-state index >= 15 is 0 Å². The molecule has 0 saturated carbocycles. The van der Waals surface area contributed by atoms with Crippen molar-refractivity contribution in [2.45, 2.75) is 6.54 Å². The molecular weight excluding hydrogens is 305 g/mol. The van der Waals surface area contributed by atoms with E-state index in [2.05, 4.69) is 10.3 Å². The molecule has 1 N–H and O–H groups in total. The maximum atomic E-state index is 10.8. The minimum atomic E-state index is -1.12. The molecule has 0 spiro atoms. The van der Waals surface area contributed by atoms with Crippen molar-refractivity contribution in [1.82, 2.24) is 15.0 Å². The summed E-state index contributed by atoms with van der Waals surface area (Å²) in [5.74, 6) is -0.778. The number of halogens is 2. The van der Waals surface area contributed by atoms with Gasteiger partial charge in [-0.15, -0.1) is 5.10 Å². The van der Waals surface area contributed by atoms with Crippen LogP contribution >= 0.6 is 23.2 Å². The second-order valence-corrected chi connectivity index (χ2v) is 4.89. The van der Waals surface area contributed by atoms with Gasteiger partial charge >= 0.3 is 5.97 Å². The lowest BCUT2D eigenvalue weighted by Gasteiger charge is -2.00. The zero-order chi connectivity index (χ0) is 14.3. The molecule has 0 fully saturated rings. The van der Waals surface area contributed by atoms with E-state index < -0.39 is 5.97 Å². The van der Waals surface area contributed by atoms with Crippen molar-refractivity contribution in [2.24, 2.45) is 0 Å². The first-order chi connectivity index (χ1) is 9.54. The second kappa shape index (κ2) is 4.81. The molecule has 1 aromatic carbocycles. The quantitative estimate of drug-likeness (QED) is 0.804. The molecule has 0 aliphatic rings. The van der Waals surface area contributed by atoms with Crippen LogP contribution in [-0.2, 0) is 6.54 Å². The Kier molecular flexibility index (Phi) is 3.11. The largest absolute Gasteiger partial charge is 0.475 e. The van der Waals surface area contributed by atoms with E-state index in [0.29, 0.717) is 26.8 Å².